The van der Waals surface area contributed by atoms with Gasteiger partial charge in [0.25, 0.3) is 5.78 Å². The first-order valence-corrected chi connectivity index (χ1v) is 5.61. The molecule has 0 spiro atoms. The van der Waals surface area contributed by atoms with Crippen LogP contribution in [0.3, 0.4) is 0 Å². The number of hydrogen-bond acceptors (Lipinski definition) is 4. The summed E-state index contributed by atoms with van der Waals surface area (Å²) in [5, 5.41) is 4.34. The molecule has 0 fully saturated rings. The molecular formula is C13H12N4O. The van der Waals surface area contributed by atoms with Gasteiger partial charge in [0.15, 0.2) is 0 Å². The van der Waals surface area contributed by atoms with Gasteiger partial charge in [-0.25, -0.2) is 4.98 Å². The molecule has 0 aliphatic carbocycles. The van der Waals surface area contributed by atoms with Crippen molar-refractivity contribution in [1.82, 2.24) is 19.6 Å². The summed E-state index contributed by atoms with van der Waals surface area (Å²) < 4.78 is 6.90. The summed E-state index contributed by atoms with van der Waals surface area (Å²) in [7, 11) is 1.65. The van der Waals surface area contributed by atoms with E-state index in [0.29, 0.717) is 11.6 Å². The molecular weight excluding hydrogens is 228 g/mol. The highest BCUT2D eigenvalue weighted by Gasteiger charge is 2.07. The first kappa shape index (κ1) is 10.7. The highest BCUT2D eigenvalue weighted by molar-refractivity contribution is 5.62. The maximum Gasteiger partial charge on any atom is 0.252 e. The highest BCUT2D eigenvalue weighted by atomic mass is 16.5. The van der Waals surface area contributed by atoms with Gasteiger partial charge in [-0.15, -0.1) is 5.10 Å². The van der Waals surface area contributed by atoms with Crippen molar-refractivity contribution in [2.24, 2.45) is 0 Å². The highest BCUT2D eigenvalue weighted by Crippen LogP contribution is 2.21. The minimum atomic E-state index is 0.612. The molecule has 0 N–H and O–H groups in total. The van der Waals surface area contributed by atoms with Gasteiger partial charge in [0.2, 0.25) is 0 Å². The second-order valence-corrected chi connectivity index (χ2v) is 3.93. The summed E-state index contributed by atoms with van der Waals surface area (Å²) >= 11 is 0. The Bertz CT molecular complexity index is 688. The van der Waals surface area contributed by atoms with Crippen LogP contribution in [0.5, 0.6) is 5.75 Å². The van der Waals surface area contributed by atoms with Crippen LogP contribution in [0.1, 0.15) is 5.82 Å². The van der Waals surface area contributed by atoms with Crippen LogP contribution in [0.4, 0.5) is 0 Å². The Hall–Kier alpha value is -2.43. The summed E-state index contributed by atoms with van der Waals surface area (Å²) in [6.07, 6.45) is 1.74. The van der Waals surface area contributed by atoms with E-state index in [1.165, 1.54) is 0 Å². The largest absolute Gasteiger partial charge is 0.497 e. The van der Waals surface area contributed by atoms with Crippen molar-refractivity contribution in [3.05, 3.63) is 42.4 Å². The van der Waals surface area contributed by atoms with Crippen molar-refractivity contribution in [3.63, 3.8) is 0 Å². The molecule has 0 saturated heterocycles. The van der Waals surface area contributed by atoms with Gasteiger partial charge in [-0.05, 0) is 37.3 Å². The molecule has 3 aromatic rings. The molecule has 0 atom stereocenters. The fourth-order valence-corrected chi connectivity index (χ4v) is 1.87. The average molecular weight is 240 g/mol. The van der Waals surface area contributed by atoms with Crippen molar-refractivity contribution in [1.29, 1.82) is 0 Å². The third-order valence-electron chi connectivity index (χ3n) is 2.73. The second-order valence-electron chi connectivity index (χ2n) is 3.93. The third kappa shape index (κ3) is 1.69. The Labute approximate surface area is 104 Å². The Morgan fingerprint density at radius 2 is 1.89 bits per heavy atom. The smallest absolute Gasteiger partial charge is 0.252 e. The lowest BCUT2D eigenvalue weighted by molar-refractivity contribution is 0.415. The molecule has 3 rings (SSSR count). The van der Waals surface area contributed by atoms with Crippen LogP contribution in [-0.4, -0.2) is 26.7 Å². The molecule has 2 heterocycles. The van der Waals surface area contributed by atoms with Gasteiger partial charge in [0.1, 0.15) is 11.6 Å². The lowest BCUT2D eigenvalue weighted by atomic mass is 10.1. The fourth-order valence-electron chi connectivity index (χ4n) is 1.87. The zero-order valence-electron chi connectivity index (χ0n) is 10.2. The SMILES string of the molecule is COc1ccc(-c2ccnc3nc(C)nn23)cc1. The maximum atomic E-state index is 5.15. The van der Waals surface area contributed by atoms with E-state index in [9.17, 15) is 0 Å². The summed E-state index contributed by atoms with van der Waals surface area (Å²) in [4.78, 5) is 8.44. The van der Waals surface area contributed by atoms with Crippen molar-refractivity contribution < 1.29 is 4.74 Å². The van der Waals surface area contributed by atoms with E-state index < -0.39 is 0 Å². The van der Waals surface area contributed by atoms with Crippen molar-refractivity contribution in [2.75, 3.05) is 7.11 Å². The van der Waals surface area contributed by atoms with Gasteiger partial charge < -0.3 is 4.74 Å². The molecule has 0 bridgehead atoms. The van der Waals surface area contributed by atoms with Crippen LogP contribution in [0.25, 0.3) is 17.0 Å². The molecule has 5 heteroatoms. The maximum absolute atomic E-state index is 5.15. The topological polar surface area (TPSA) is 52.3 Å². The van der Waals surface area contributed by atoms with Crippen LogP contribution in [0.2, 0.25) is 0 Å². The minimum Gasteiger partial charge on any atom is -0.497 e. The standard InChI is InChI=1S/C13H12N4O/c1-9-15-13-14-8-7-12(17(13)16-9)10-3-5-11(18-2)6-4-10/h3-8H,1-2H3. The zero-order chi connectivity index (χ0) is 12.5. The van der Waals surface area contributed by atoms with Crippen LogP contribution in [0.15, 0.2) is 36.5 Å². The van der Waals surface area contributed by atoms with E-state index in [1.807, 2.05) is 37.3 Å². The van der Waals surface area contributed by atoms with Crippen LogP contribution in [-0.2, 0) is 0 Å². The number of ether oxygens (including phenoxy) is 1. The number of aryl methyl sites for hydroxylation is 1. The molecule has 90 valence electrons. The van der Waals surface area contributed by atoms with Gasteiger partial charge in [-0.1, -0.05) is 0 Å². The van der Waals surface area contributed by atoms with Gasteiger partial charge in [0.05, 0.1) is 12.8 Å². The van der Waals surface area contributed by atoms with Crippen LogP contribution >= 0.6 is 0 Å². The molecule has 18 heavy (non-hydrogen) atoms. The summed E-state index contributed by atoms with van der Waals surface area (Å²) in [5.41, 5.74) is 2.01. The lowest BCUT2D eigenvalue weighted by Gasteiger charge is -2.04. The van der Waals surface area contributed by atoms with Gasteiger partial charge in [0, 0.05) is 11.8 Å². The number of nitrogens with zero attached hydrogens (tertiary/aromatic N) is 4. The molecule has 0 radical (unpaired) electrons. The van der Waals surface area contributed by atoms with Gasteiger partial charge in [-0.2, -0.15) is 9.50 Å². The second kappa shape index (κ2) is 4.10. The molecule has 0 aliphatic rings. The summed E-state index contributed by atoms with van der Waals surface area (Å²) in [6, 6.07) is 9.74. The minimum absolute atomic E-state index is 0.612. The number of aromatic nitrogens is 4. The fraction of sp³-hybridized carbons (Fsp3) is 0.154. The van der Waals surface area contributed by atoms with E-state index in [0.717, 1.165) is 17.0 Å². The molecule has 2 aromatic heterocycles. The molecule has 1 aromatic carbocycles. The number of fused-ring (bicyclic) bond motifs is 1. The summed E-state index contributed by atoms with van der Waals surface area (Å²) in [5.74, 6) is 2.16. The van der Waals surface area contributed by atoms with Crippen molar-refractivity contribution >= 4 is 5.78 Å². The van der Waals surface area contributed by atoms with Crippen LogP contribution < -0.4 is 4.74 Å². The van der Waals surface area contributed by atoms with Crippen LogP contribution in [0, 0.1) is 6.92 Å². The van der Waals surface area contributed by atoms with E-state index in [1.54, 1.807) is 17.8 Å². The zero-order valence-corrected chi connectivity index (χ0v) is 10.2. The predicted octanol–water partition coefficient (Wildman–Crippen LogP) is 2.11. The van der Waals surface area contributed by atoms with Crippen molar-refractivity contribution in [3.8, 4) is 17.0 Å². The van der Waals surface area contributed by atoms with E-state index in [4.69, 9.17) is 4.74 Å². The van der Waals surface area contributed by atoms with E-state index in [-0.39, 0.29) is 0 Å². The Balaban J connectivity index is 2.17. The predicted molar refractivity (Wildman–Crippen MR) is 67.5 cm³/mol. The number of rotatable bonds is 2. The molecule has 0 saturated carbocycles. The lowest BCUT2D eigenvalue weighted by Crippen LogP contribution is -1.95. The normalized spacial score (nSPS) is 10.8. The Morgan fingerprint density at radius 1 is 1.11 bits per heavy atom. The van der Waals surface area contributed by atoms with Gasteiger partial charge >= 0.3 is 0 Å². The van der Waals surface area contributed by atoms with Gasteiger partial charge in [-0.3, -0.25) is 0 Å². The van der Waals surface area contributed by atoms with E-state index in [2.05, 4.69) is 15.1 Å². The summed E-state index contributed by atoms with van der Waals surface area (Å²) in [6.45, 7) is 1.85. The Morgan fingerprint density at radius 3 is 2.61 bits per heavy atom. The molecule has 0 aliphatic heterocycles. The average Bonchev–Trinajstić information content (AvgIpc) is 2.79. The van der Waals surface area contributed by atoms with Crippen molar-refractivity contribution in [2.45, 2.75) is 6.92 Å². The molecule has 0 unspecified atom stereocenters. The number of methoxy groups -OCH3 is 1. The molecule has 5 nitrogen and oxygen atoms in total. The third-order valence-corrected chi connectivity index (χ3v) is 2.73. The number of benzene rings is 1. The monoisotopic (exact) mass is 240 g/mol. The Kier molecular flexibility index (Phi) is 2.44. The number of hydrogen-bond donors (Lipinski definition) is 0. The molecule has 0 amide bonds. The van der Waals surface area contributed by atoms with E-state index >= 15 is 0 Å². The first-order chi connectivity index (χ1) is 8.78. The first-order valence-electron chi connectivity index (χ1n) is 5.61. The quantitative estimate of drug-likeness (QED) is 0.688.